The smallest absolute Gasteiger partial charge is 0.345 e. The number of ketones is 1. The van der Waals surface area contributed by atoms with E-state index in [9.17, 15) is 14.4 Å². The van der Waals surface area contributed by atoms with Crippen LogP contribution in [0.5, 0.6) is 0 Å². The van der Waals surface area contributed by atoms with Crippen molar-refractivity contribution in [2.45, 2.75) is 6.54 Å². The van der Waals surface area contributed by atoms with E-state index in [1.54, 1.807) is 24.3 Å². The first-order chi connectivity index (χ1) is 9.99. The topological polar surface area (TPSA) is 74.7 Å². The number of hydrogen-bond acceptors (Lipinski definition) is 4. The number of amides is 1. The zero-order chi connectivity index (χ0) is 15.1. The van der Waals surface area contributed by atoms with Crippen LogP contribution in [-0.4, -0.2) is 22.8 Å². The number of fused-ring (bicyclic) bond motifs is 1. The largest absolute Gasteiger partial charge is 0.477 e. The summed E-state index contributed by atoms with van der Waals surface area (Å²) >= 11 is 7.04. The van der Waals surface area contributed by atoms with Gasteiger partial charge in [-0.1, -0.05) is 17.7 Å². The molecule has 0 radical (unpaired) electrons. The second kappa shape index (κ2) is 4.98. The summed E-state index contributed by atoms with van der Waals surface area (Å²) in [4.78, 5) is 37.1. The van der Waals surface area contributed by atoms with Crippen molar-refractivity contribution in [3.8, 4) is 0 Å². The summed E-state index contributed by atoms with van der Waals surface area (Å²) in [5.41, 5.74) is 0.668. The van der Waals surface area contributed by atoms with Crippen LogP contribution in [-0.2, 0) is 11.3 Å². The highest BCUT2D eigenvalue weighted by Gasteiger charge is 2.37. The number of carbonyl (C=O) groups is 3. The molecule has 3 rings (SSSR count). The van der Waals surface area contributed by atoms with Crippen LogP contribution in [0.3, 0.4) is 0 Å². The third-order valence-corrected chi connectivity index (χ3v) is 4.51. The number of aromatic carboxylic acids is 1. The maximum atomic E-state index is 12.1. The fourth-order valence-electron chi connectivity index (χ4n) is 2.19. The quantitative estimate of drug-likeness (QED) is 0.882. The van der Waals surface area contributed by atoms with Crippen LogP contribution in [0.15, 0.2) is 30.3 Å². The van der Waals surface area contributed by atoms with Crippen molar-refractivity contribution in [3.63, 3.8) is 0 Å². The Bertz CT molecular complexity index is 783. The lowest BCUT2D eigenvalue weighted by molar-refractivity contribution is -0.114. The SMILES string of the molecule is O=C(O)c1ccc(CN2C(=O)C(=O)c3c(Cl)cccc32)s1. The van der Waals surface area contributed by atoms with Crippen LogP contribution in [0, 0.1) is 0 Å². The molecule has 0 fully saturated rings. The molecule has 1 aromatic heterocycles. The second-order valence-corrected chi connectivity index (χ2v) is 6.00. The van der Waals surface area contributed by atoms with E-state index >= 15 is 0 Å². The van der Waals surface area contributed by atoms with E-state index in [4.69, 9.17) is 16.7 Å². The Balaban J connectivity index is 1.96. The van der Waals surface area contributed by atoms with Crippen molar-refractivity contribution in [1.82, 2.24) is 0 Å². The number of carboxylic acids is 1. The minimum atomic E-state index is -1.02. The standard InChI is InChI=1S/C14H8ClNO4S/c15-8-2-1-3-9-11(8)12(17)13(18)16(9)6-7-4-5-10(21-7)14(19)20/h1-5H,6H2,(H,19,20). The van der Waals surface area contributed by atoms with Gasteiger partial charge in [0.2, 0.25) is 0 Å². The molecule has 1 aliphatic rings. The average molecular weight is 322 g/mol. The van der Waals surface area contributed by atoms with Gasteiger partial charge in [0.1, 0.15) is 4.88 Å². The summed E-state index contributed by atoms with van der Waals surface area (Å²) in [7, 11) is 0. The van der Waals surface area contributed by atoms with Gasteiger partial charge in [-0.25, -0.2) is 4.79 Å². The first-order valence-corrected chi connectivity index (χ1v) is 7.15. The fraction of sp³-hybridized carbons (Fsp3) is 0.0714. The van der Waals surface area contributed by atoms with Gasteiger partial charge in [0.15, 0.2) is 0 Å². The van der Waals surface area contributed by atoms with Gasteiger partial charge in [-0.15, -0.1) is 11.3 Å². The van der Waals surface area contributed by atoms with Crippen molar-refractivity contribution < 1.29 is 19.5 Å². The van der Waals surface area contributed by atoms with Crippen molar-refractivity contribution in [2.24, 2.45) is 0 Å². The first-order valence-electron chi connectivity index (χ1n) is 5.95. The average Bonchev–Trinajstić information content (AvgIpc) is 3.00. The van der Waals surface area contributed by atoms with Crippen molar-refractivity contribution >= 4 is 46.3 Å². The second-order valence-electron chi connectivity index (χ2n) is 4.43. The molecule has 106 valence electrons. The van der Waals surface area contributed by atoms with E-state index in [1.165, 1.54) is 11.0 Å². The monoisotopic (exact) mass is 321 g/mol. The molecule has 1 aliphatic heterocycles. The normalized spacial score (nSPS) is 13.7. The summed E-state index contributed by atoms with van der Waals surface area (Å²) in [5.74, 6) is -2.30. The minimum Gasteiger partial charge on any atom is -0.477 e. The molecule has 21 heavy (non-hydrogen) atoms. The van der Waals surface area contributed by atoms with Crippen LogP contribution in [0.2, 0.25) is 5.02 Å². The number of halogens is 1. The number of rotatable bonds is 3. The van der Waals surface area contributed by atoms with Gasteiger partial charge < -0.3 is 5.11 Å². The van der Waals surface area contributed by atoms with Gasteiger partial charge >= 0.3 is 5.97 Å². The molecule has 0 atom stereocenters. The zero-order valence-corrected chi connectivity index (χ0v) is 12.1. The molecule has 2 heterocycles. The maximum absolute atomic E-state index is 12.1. The predicted octanol–water partition coefficient (Wildman–Crippen LogP) is 2.83. The molecular weight excluding hydrogens is 314 g/mol. The van der Waals surface area contributed by atoms with Gasteiger partial charge in [0, 0.05) is 4.88 Å². The highest BCUT2D eigenvalue weighted by Crippen LogP contribution is 2.35. The van der Waals surface area contributed by atoms with Gasteiger partial charge in [-0.2, -0.15) is 0 Å². The highest BCUT2D eigenvalue weighted by molar-refractivity contribution is 7.13. The molecule has 0 bridgehead atoms. The molecule has 7 heteroatoms. The van der Waals surface area contributed by atoms with E-state index in [-0.39, 0.29) is 22.0 Å². The Labute approximate surface area is 128 Å². The van der Waals surface area contributed by atoms with Gasteiger partial charge in [0.25, 0.3) is 11.7 Å². The fourth-order valence-corrected chi connectivity index (χ4v) is 3.28. The van der Waals surface area contributed by atoms with Crippen molar-refractivity contribution in [3.05, 3.63) is 50.7 Å². The van der Waals surface area contributed by atoms with Gasteiger partial charge in [-0.05, 0) is 24.3 Å². The number of thiophene rings is 1. The summed E-state index contributed by atoms with van der Waals surface area (Å²) in [5, 5.41) is 9.15. The van der Waals surface area contributed by atoms with E-state index in [1.807, 2.05) is 0 Å². The number of nitrogens with zero attached hydrogens (tertiary/aromatic N) is 1. The molecule has 0 spiro atoms. The number of carboxylic acid groups (broad SMARTS) is 1. The number of hydrogen-bond donors (Lipinski definition) is 1. The van der Waals surface area contributed by atoms with E-state index in [2.05, 4.69) is 0 Å². The molecule has 1 N–H and O–H groups in total. The first kappa shape index (κ1) is 13.8. The van der Waals surface area contributed by atoms with Crippen molar-refractivity contribution in [2.75, 3.05) is 4.90 Å². The molecule has 0 saturated heterocycles. The van der Waals surface area contributed by atoms with Gasteiger partial charge in [-0.3, -0.25) is 14.5 Å². The molecule has 1 amide bonds. The summed E-state index contributed by atoms with van der Waals surface area (Å²) in [6, 6.07) is 7.98. The summed E-state index contributed by atoms with van der Waals surface area (Å²) in [6.45, 7) is 0.149. The Hall–Kier alpha value is -2.18. The number of anilines is 1. The Morgan fingerprint density at radius 1 is 1.24 bits per heavy atom. The lowest BCUT2D eigenvalue weighted by atomic mass is 10.1. The van der Waals surface area contributed by atoms with E-state index in [0.29, 0.717) is 10.6 Å². The summed E-state index contributed by atoms with van der Waals surface area (Å²) < 4.78 is 0. The van der Waals surface area contributed by atoms with Crippen LogP contribution in [0.25, 0.3) is 0 Å². The molecule has 5 nitrogen and oxygen atoms in total. The van der Waals surface area contributed by atoms with Crippen LogP contribution in [0.1, 0.15) is 24.9 Å². The van der Waals surface area contributed by atoms with Crippen LogP contribution >= 0.6 is 22.9 Å². The number of carbonyl (C=O) groups excluding carboxylic acids is 2. The number of benzene rings is 1. The van der Waals surface area contributed by atoms with Gasteiger partial charge in [0.05, 0.1) is 22.8 Å². The van der Waals surface area contributed by atoms with Crippen molar-refractivity contribution in [1.29, 1.82) is 0 Å². The molecule has 0 unspecified atom stereocenters. The van der Waals surface area contributed by atoms with E-state index in [0.717, 1.165) is 11.3 Å². The van der Waals surface area contributed by atoms with Crippen LogP contribution in [0.4, 0.5) is 5.69 Å². The third kappa shape index (κ3) is 2.22. The lowest BCUT2D eigenvalue weighted by Gasteiger charge is -2.15. The predicted molar refractivity (Wildman–Crippen MR) is 78.3 cm³/mol. The minimum absolute atomic E-state index is 0.149. The molecule has 0 saturated carbocycles. The van der Waals surface area contributed by atoms with E-state index < -0.39 is 17.7 Å². The lowest BCUT2D eigenvalue weighted by Crippen LogP contribution is -2.28. The number of Topliss-reactive ketones (excluding diaryl/α,β-unsaturated/α-hetero) is 1. The van der Waals surface area contributed by atoms with Crippen LogP contribution < -0.4 is 4.90 Å². The third-order valence-electron chi connectivity index (χ3n) is 3.14. The maximum Gasteiger partial charge on any atom is 0.345 e. The molecule has 0 aliphatic carbocycles. The molecule has 2 aromatic rings. The Kier molecular flexibility index (Phi) is 3.27. The molecule has 1 aromatic carbocycles. The summed E-state index contributed by atoms with van der Waals surface area (Å²) in [6.07, 6.45) is 0. The Morgan fingerprint density at radius 2 is 2.00 bits per heavy atom. The Morgan fingerprint density at radius 3 is 2.67 bits per heavy atom. The molecular formula is C14H8ClNO4S. The highest BCUT2D eigenvalue weighted by atomic mass is 35.5. The zero-order valence-electron chi connectivity index (χ0n) is 10.5.